The molecule has 0 bridgehead atoms. The Morgan fingerprint density at radius 3 is 2.40 bits per heavy atom. The summed E-state index contributed by atoms with van der Waals surface area (Å²) in [5, 5.41) is 1.36. The third-order valence-electron chi connectivity index (χ3n) is 0.988. The fraction of sp³-hybridized carbons (Fsp3) is 0. The first-order valence-electron chi connectivity index (χ1n) is 2.42. The summed E-state index contributed by atoms with van der Waals surface area (Å²) in [5.74, 6) is 0. The van der Waals surface area contributed by atoms with Crippen LogP contribution < -0.4 is 0 Å². The fourth-order valence-electron chi connectivity index (χ4n) is 0.502. The van der Waals surface area contributed by atoms with E-state index in [4.69, 9.17) is 23.2 Å². The Morgan fingerprint density at radius 1 is 1.30 bits per heavy atom. The average molecular weight is 352 g/mol. The lowest BCUT2D eigenvalue weighted by Crippen LogP contribution is -1.76. The largest absolute Gasteiger partial charge is 0.0831 e. The fourth-order valence-corrected chi connectivity index (χ4v) is 2.04. The molecule has 0 aliphatic rings. The first-order valence-corrected chi connectivity index (χ1v) is 5.04. The normalized spacial score (nSPS) is 10.0. The summed E-state index contributed by atoms with van der Waals surface area (Å²) < 4.78 is 1.76. The third kappa shape index (κ3) is 1.78. The van der Waals surface area contributed by atoms with Crippen molar-refractivity contribution in [1.29, 1.82) is 0 Å². The Morgan fingerprint density at radius 2 is 1.90 bits per heavy atom. The lowest BCUT2D eigenvalue weighted by Gasteiger charge is -1.99. The van der Waals surface area contributed by atoms with Crippen LogP contribution in [0.1, 0.15) is 0 Å². The van der Waals surface area contributed by atoms with Crippen LogP contribution in [-0.2, 0) is 0 Å². The van der Waals surface area contributed by atoms with Crippen molar-refractivity contribution < 1.29 is 0 Å². The van der Waals surface area contributed by atoms with Crippen LogP contribution in [-0.4, -0.2) is 0 Å². The molecule has 0 nitrogen and oxygen atoms in total. The highest BCUT2D eigenvalue weighted by Gasteiger charge is 2.04. The standard InChI is InChI=1S/C6H2BrCl2I/c7-3-1-2-4(8)6(10)5(3)9/h1-2H. The molecule has 0 fully saturated rings. The molecule has 0 atom stereocenters. The van der Waals surface area contributed by atoms with Gasteiger partial charge < -0.3 is 0 Å². The van der Waals surface area contributed by atoms with Gasteiger partial charge in [-0.25, -0.2) is 0 Å². The van der Waals surface area contributed by atoms with Crippen molar-refractivity contribution in [3.05, 3.63) is 30.2 Å². The van der Waals surface area contributed by atoms with E-state index in [0.29, 0.717) is 10.0 Å². The molecule has 0 spiro atoms. The van der Waals surface area contributed by atoms with Gasteiger partial charge in [0.25, 0.3) is 0 Å². The second-order valence-corrected chi connectivity index (χ2v) is 4.38. The maximum Gasteiger partial charge on any atom is 0.0696 e. The van der Waals surface area contributed by atoms with Gasteiger partial charge in [-0.15, -0.1) is 0 Å². The highest BCUT2D eigenvalue weighted by atomic mass is 127. The molecule has 10 heavy (non-hydrogen) atoms. The Hall–Kier alpha value is 1.01. The first-order chi connectivity index (χ1) is 4.63. The summed E-state index contributed by atoms with van der Waals surface area (Å²) in [7, 11) is 0. The number of benzene rings is 1. The van der Waals surface area contributed by atoms with Crippen molar-refractivity contribution in [2.24, 2.45) is 0 Å². The monoisotopic (exact) mass is 350 g/mol. The molecule has 54 valence electrons. The van der Waals surface area contributed by atoms with E-state index in [1.807, 2.05) is 6.07 Å². The maximum atomic E-state index is 5.84. The van der Waals surface area contributed by atoms with Crippen molar-refractivity contribution in [3.8, 4) is 0 Å². The van der Waals surface area contributed by atoms with Gasteiger partial charge in [0.15, 0.2) is 0 Å². The summed E-state index contributed by atoms with van der Waals surface area (Å²) >= 11 is 17.0. The molecular weight excluding hydrogens is 350 g/mol. The molecule has 0 aliphatic carbocycles. The predicted molar refractivity (Wildman–Crippen MR) is 56.9 cm³/mol. The summed E-state index contributed by atoms with van der Waals surface area (Å²) in [6.07, 6.45) is 0. The molecule has 0 saturated heterocycles. The van der Waals surface area contributed by atoms with E-state index in [1.165, 1.54) is 0 Å². The summed E-state index contributed by atoms with van der Waals surface area (Å²) in [6.45, 7) is 0. The molecule has 0 heterocycles. The van der Waals surface area contributed by atoms with Gasteiger partial charge in [-0.1, -0.05) is 23.2 Å². The van der Waals surface area contributed by atoms with Gasteiger partial charge >= 0.3 is 0 Å². The van der Waals surface area contributed by atoms with Gasteiger partial charge in [0.1, 0.15) is 0 Å². The second-order valence-electron chi connectivity index (χ2n) is 1.66. The van der Waals surface area contributed by atoms with Crippen LogP contribution >= 0.6 is 61.7 Å². The summed E-state index contributed by atoms with van der Waals surface area (Å²) in [5.41, 5.74) is 0. The van der Waals surface area contributed by atoms with Crippen molar-refractivity contribution >= 4 is 61.7 Å². The highest BCUT2D eigenvalue weighted by molar-refractivity contribution is 14.1. The van der Waals surface area contributed by atoms with Crippen molar-refractivity contribution in [3.63, 3.8) is 0 Å². The Balaban J connectivity index is 3.34. The van der Waals surface area contributed by atoms with Crippen LogP contribution in [0, 0.1) is 3.57 Å². The van der Waals surface area contributed by atoms with Crippen molar-refractivity contribution in [1.82, 2.24) is 0 Å². The molecule has 1 aromatic rings. The van der Waals surface area contributed by atoms with Gasteiger partial charge in [-0.2, -0.15) is 0 Å². The topological polar surface area (TPSA) is 0 Å². The minimum Gasteiger partial charge on any atom is -0.0831 e. The third-order valence-corrected chi connectivity index (χ3v) is 4.34. The summed E-state index contributed by atoms with van der Waals surface area (Å²) in [4.78, 5) is 0. The van der Waals surface area contributed by atoms with Crippen molar-refractivity contribution in [2.45, 2.75) is 0 Å². The van der Waals surface area contributed by atoms with Gasteiger partial charge in [-0.3, -0.25) is 0 Å². The SMILES string of the molecule is Clc1ccc(Br)c(Cl)c1I. The molecule has 1 aromatic carbocycles. The molecule has 0 unspecified atom stereocenters. The van der Waals surface area contributed by atoms with E-state index in [0.717, 1.165) is 8.04 Å². The minimum absolute atomic E-state index is 0.674. The van der Waals surface area contributed by atoms with Crippen molar-refractivity contribution in [2.75, 3.05) is 0 Å². The van der Waals surface area contributed by atoms with Gasteiger partial charge in [0, 0.05) is 4.47 Å². The lowest BCUT2D eigenvalue weighted by molar-refractivity contribution is 1.59. The number of halogens is 4. The van der Waals surface area contributed by atoms with E-state index >= 15 is 0 Å². The Labute approximate surface area is 91.2 Å². The molecule has 1 rings (SSSR count). The first kappa shape index (κ1) is 9.10. The second kappa shape index (κ2) is 3.61. The number of hydrogen-bond donors (Lipinski definition) is 0. The van der Waals surface area contributed by atoms with E-state index in [-0.39, 0.29) is 0 Å². The number of hydrogen-bond acceptors (Lipinski definition) is 0. The van der Waals surface area contributed by atoms with Crippen LogP contribution in [0.15, 0.2) is 16.6 Å². The van der Waals surface area contributed by atoms with E-state index in [1.54, 1.807) is 6.07 Å². The Bertz CT molecular complexity index is 235. The molecule has 0 amide bonds. The number of rotatable bonds is 0. The average Bonchev–Trinajstić information content (AvgIpc) is 1.93. The zero-order valence-corrected chi connectivity index (χ0v) is 9.92. The molecular formula is C6H2BrCl2I. The van der Waals surface area contributed by atoms with Crippen LogP contribution in [0.5, 0.6) is 0 Å². The van der Waals surface area contributed by atoms with Crippen LogP contribution in [0.2, 0.25) is 10.0 Å². The molecule has 0 aromatic heterocycles. The van der Waals surface area contributed by atoms with E-state index in [9.17, 15) is 0 Å². The molecule has 0 aliphatic heterocycles. The van der Waals surface area contributed by atoms with E-state index in [2.05, 4.69) is 38.5 Å². The van der Waals surface area contributed by atoms with E-state index < -0.39 is 0 Å². The van der Waals surface area contributed by atoms with Gasteiger partial charge in [0.2, 0.25) is 0 Å². The van der Waals surface area contributed by atoms with Crippen LogP contribution in [0.25, 0.3) is 0 Å². The predicted octanol–water partition coefficient (Wildman–Crippen LogP) is 4.36. The molecule has 0 saturated carbocycles. The molecule has 0 radical (unpaired) electrons. The summed E-state index contributed by atoms with van der Waals surface area (Å²) in [6, 6.07) is 3.63. The van der Waals surface area contributed by atoms with Crippen LogP contribution in [0.3, 0.4) is 0 Å². The lowest BCUT2D eigenvalue weighted by atomic mass is 10.4. The smallest absolute Gasteiger partial charge is 0.0696 e. The molecule has 0 N–H and O–H groups in total. The highest BCUT2D eigenvalue weighted by Crippen LogP contribution is 2.32. The zero-order valence-electron chi connectivity index (χ0n) is 4.67. The minimum atomic E-state index is 0.674. The van der Waals surface area contributed by atoms with Crippen LogP contribution in [0.4, 0.5) is 0 Å². The van der Waals surface area contributed by atoms with Gasteiger partial charge in [-0.05, 0) is 50.7 Å². The molecule has 4 heteroatoms. The van der Waals surface area contributed by atoms with Gasteiger partial charge in [0.05, 0.1) is 13.6 Å². The quantitative estimate of drug-likeness (QED) is 0.370. The maximum absolute atomic E-state index is 5.84. The zero-order chi connectivity index (χ0) is 7.72. The Kier molecular flexibility index (Phi) is 3.28.